The average Bonchev–Trinajstić information content (AvgIpc) is 2.74. The molecule has 1 fully saturated rings. The van der Waals surface area contributed by atoms with E-state index in [2.05, 4.69) is 19.2 Å². The molecule has 0 bridgehead atoms. The summed E-state index contributed by atoms with van der Waals surface area (Å²) in [6.07, 6.45) is 0.435. The molecule has 2 N–H and O–H groups in total. The van der Waals surface area contributed by atoms with Gasteiger partial charge in [-0.3, -0.25) is 4.79 Å². The summed E-state index contributed by atoms with van der Waals surface area (Å²) < 4.78 is 5.42. The molecule has 1 aliphatic heterocycles. The Balaban J connectivity index is 1.70. The molecule has 0 aromatic heterocycles. The van der Waals surface area contributed by atoms with Crippen molar-refractivity contribution in [1.82, 2.24) is 10.2 Å². The number of nitrogens with zero attached hydrogens (tertiary/aromatic N) is 1. The molecule has 2 aromatic carbocycles. The summed E-state index contributed by atoms with van der Waals surface area (Å²) in [6, 6.07) is 16.5. The number of phenolic OH excluding ortho intramolecular Hbond substituents is 1. The Morgan fingerprint density at radius 3 is 2.48 bits per heavy atom. The third-order valence-electron chi connectivity index (χ3n) is 6.61. The molecule has 178 valence electrons. The third kappa shape index (κ3) is 6.28. The van der Waals surface area contributed by atoms with Crippen LogP contribution in [0.4, 0.5) is 4.79 Å². The number of amides is 2. The first-order valence-electron chi connectivity index (χ1n) is 11.6. The third-order valence-corrected chi connectivity index (χ3v) is 6.61. The Kier molecular flexibility index (Phi) is 7.35. The summed E-state index contributed by atoms with van der Waals surface area (Å²) in [5.74, 6) is 0.481. The van der Waals surface area contributed by atoms with E-state index in [-0.39, 0.29) is 29.4 Å². The molecule has 0 spiro atoms. The van der Waals surface area contributed by atoms with Crippen molar-refractivity contribution in [1.29, 1.82) is 0 Å². The van der Waals surface area contributed by atoms with Crippen molar-refractivity contribution in [3.8, 4) is 5.75 Å². The molecule has 2 aromatic rings. The number of benzene rings is 2. The number of piperidine rings is 1. The van der Waals surface area contributed by atoms with Gasteiger partial charge in [-0.1, -0.05) is 56.3 Å². The fourth-order valence-electron chi connectivity index (χ4n) is 4.44. The number of phenols is 1. The maximum atomic E-state index is 13.3. The maximum absolute atomic E-state index is 13.3. The molecule has 1 aliphatic rings. The molecule has 6 heteroatoms. The number of likely N-dealkylation sites (tertiary alicyclic amines) is 1. The highest BCUT2D eigenvalue weighted by atomic mass is 16.6. The number of hydrogen-bond acceptors (Lipinski definition) is 4. The zero-order chi connectivity index (χ0) is 24.2. The van der Waals surface area contributed by atoms with Crippen molar-refractivity contribution in [3.05, 3.63) is 65.7 Å². The molecule has 6 nitrogen and oxygen atoms in total. The first-order chi connectivity index (χ1) is 15.5. The second-order valence-electron chi connectivity index (χ2n) is 10.3. The van der Waals surface area contributed by atoms with Gasteiger partial charge in [-0.15, -0.1) is 0 Å². The predicted octanol–water partition coefficient (Wildman–Crippen LogP) is 5.17. The van der Waals surface area contributed by atoms with Gasteiger partial charge in [0.15, 0.2) is 0 Å². The quantitative estimate of drug-likeness (QED) is 0.656. The number of carbonyl (C=O) groups is 2. The zero-order valence-electron chi connectivity index (χ0n) is 20.3. The highest BCUT2D eigenvalue weighted by Crippen LogP contribution is 2.40. The summed E-state index contributed by atoms with van der Waals surface area (Å²) in [4.78, 5) is 27.6. The van der Waals surface area contributed by atoms with E-state index in [1.807, 2.05) is 74.2 Å². The Bertz CT molecular complexity index is 970. The van der Waals surface area contributed by atoms with E-state index in [0.29, 0.717) is 13.1 Å². The molecular weight excluding hydrogens is 416 g/mol. The van der Waals surface area contributed by atoms with Gasteiger partial charge in [0.2, 0.25) is 5.91 Å². The van der Waals surface area contributed by atoms with Crippen LogP contribution in [0.5, 0.6) is 5.75 Å². The fourth-order valence-corrected chi connectivity index (χ4v) is 4.44. The lowest BCUT2D eigenvalue weighted by molar-refractivity contribution is -0.134. The predicted molar refractivity (Wildman–Crippen MR) is 129 cm³/mol. The van der Waals surface area contributed by atoms with Gasteiger partial charge in [0.1, 0.15) is 11.4 Å². The van der Waals surface area contributed by atoms with Gasteiger partial charge in [0.25, 0.3) is 0 Å². The number of aromatic hydroxyl groups is 1. The van der Waals surface area contributed by atoms with Gasteiger partial charge in [-0.05, 0) is 61.8 Å². The van der Waals surface area contributed by atoms with Gasteiger partial charge < -0.3 is 20.1 Å². The molecule has 33 heavy (non-hydrogen) atoms. The standard InChI is InChI=1S/C27H36N2O4/c1-19-18-29(15-14-27(19,5)21-12-9-13-22(30)16-21)24(31)17-23(20-10-7-6-8-11-20)28-25(32)33-26(2,3)4/h6-13,16,19,23,30H,14-15,17-18H2,1-5H3,(H,28,32)/t19-,23?,27-/m0/s1. The summed E-state index contributed by atoms with van der Waals surface area (Å²) in [6.45, 7) is 11.0. The number of rotatable bonds is 5. The van der Waals surface area contributed by atoms with Gasteiger partial charge in [0.05, 0.1) is 12.5 Å². The van der Waals surface area contributed by atoms with Crippen molar-refractivity contribution in [2.24, 2.45) is 5.92 Å². The fraction of sp³-hybridized carbons (Fsp3) is 0.481. The molecule has 0 aliphatic carbocycles. The molecule has 2 amide bonds. The highest BCUT2D eigenvalue weighted by Gasteiger charge is 2.39. The second-order valence-corrected chi connectivity index (χ2v) is 10.3. The molecule has 0 saturated carbocycles. The first-order valence-corrected chi connectivity index (χ1v) is 11.6. The van der Waals surface area contributed by atoms with Crippen molar-refractivity contribution in [2.75, 3.05) is 13.1 Å². The summed E-state index contributed by atoms with van der Waals surface area (Å²) in [5, 5.41) is 12.8. The normalized spacial score (nSPS) is 21.8. The minimum Gasteiger partial charge on any atom is -0.508 e. The lowest BCUT2D eigenvalue weighted by Crippen LogP contribution is -2.50. The lowest BCUT2D eigenvalue weighted by atomic mass is 9.68. The largest absolute Gasteiger partial charge is 0.508 e. The Morgan fingerprint density at radius 2 is 1.88 bits per heavy atom. The van der Waals surface area contributed by atoms with Crippen LogP contribution in [0.1, 0.15) is 64.6 Å². The molecule has 3 rings (SSSR count). The van der Waals surface area contributed by atoms with Gasteiger partial charge >= 0.3 is 6.09 Å². The second kappa shape index (κ2) is 9.86. The molecular formula is C27H36N2O4. The molecule has 0 radical (unpaired) electrons. The number of alkyl carbamates (subject to hydrolysis) is 1. The summed E-state index contributed by atoms with van der Waals surface area (Å²) in [5.41, 5.74) is 1.22. The van der Waals surface area contributed by atoms with Crippen LogP contribution in [0.3, 0.4) is 0 Å². The van der Waals surface area contributed by atoms with Gasteiger partial charge in [-0.2, -0.15) is 0 Å². The van der Waals surface area contributed by atoms with Crippen molar-refractivity contribution in [2.45, 2.75) is 64.5 Å². The van der Waals surface area contributed by atoms with E-state index in [1.54, 1.807) is 6.07 Å². The Morgan fingerprint density at radius 1 is 1.18 bits per heavy atom. The van der Waals surface area contributed by atoms with Gasteiger partial charge in [0, 0.05) is 13.1 Å². The molecule has 1 unspecified atom stereocenters. The zero-order valence-corrected chi connectivity index (χ0v) is 20.3. The van der Waals surface area contributed by atoms with Crippen LogP contribution in [0.25, 0.3) is 0 Å². The number of carbonyl (C=O) groups excluding carboxylic acids is 2. The van der Waals surface area contributed by atoms with Crippen LogP contribution in [0, 0.1) is 5.92 Å². The maximum Gasteiger partial charge on any atom is 0.408 e. The summed E-state index contributed by atoms with van der Waals surface area (Å²) in [7, 11) is 0. The van der Waals surface area contributed by atoms with Crippen molar-refractivity contribution >= 4 is 12.0 Å². The smallest absolute Gasteiger partial charge is 0.408 e. The topological polar surface area (TPSA) is 78.9 Å². The van der Waals surface area contributed by atoms with Crippen LogP contribution in [-0.2, 0) is 14.9 Å². The number of nitrogens with one attached hydrogen (secondary N) is 1. The van der Waals surface area contributed by atoms with Crippen molar-refractivity contribution < 1.29 is 19.4 Å². The number of ether oxygens (including phenoxy) is 1. The SMILES string of the molecule is C[C@H]1CN(C(=O)CC(NC(=O)OC(C)(C)C)c2ccccc2)CC[C@]1(C)c1cccc(O)c1. The van der Waals surface area contributed by atoms with E-state index in [0.717, 1.165) is 17.5 Å². The molecule has 3 atom stereocenters. The van der Waals surface area contributed by atoms with E-state index < -0.39 is 17.7 Å². The molecule has 1 saturated heterocycles. The van der Waals surface area contributed by atoms with Gasteiger partial charge in [-0.25, -0.2) is 4.79 Å². The van der Waals surface area contributed by atoms with E-state index in [4.69, 9.17) is 4.74 Å². The van der Waals surface area contributed by atoms with Crippen LogP contribution in [0.2, 0.25) is 0 Å². The van der Waals surface area contributed by atoms with E-state index in [1.165, 1.54) is 0 Å². The minimum atomic E-state index is -0.617. The van der Waals surface area contributed by atoms with E-state index >= 15 is 0 Å². The lowest BCUT2D eigenvalue weighted by Gasteiger charge is -2.45. The average molecular weight is 453 g/mol. The van der Waals surface area contributed by atoms with E-state index in [9.17, 15) is 14.7 Å². The molecule has 1 heterocycles. The monoisotopic (exact) mass is 452 g/mol. The number of hydrogen-bond donors (Lipinski definition) is 2. The van der Waals surface area contributed by atoms with Crippen molar-refractivity contribution in [3.63, 3.8) is 0 Å². The Labute approximate surface area is 196 Å². The summed E-state index contributed by atoms with van der Waals surface area (Å²) >= 11 is 0. The van der Waals surface area contributed by atoms with Crippen LogP contribution >= 0.6 is 0 Å². The van der Waals surface area contributed by atoms with Crippen LogP contribution in [-0.4, -0.2) is 40.7 Å². The highest BCUT2D eigenvalue weighted by molar-refractivity contribution is 5.78. The minimum absolute atomic E-state index is 0.00437. The van der Waals surface area contributed by atoms with Crippen LogP contribution in [0.15, 0.2) is 54.6 Å². The first kappa shape index (κ1) is 24.6. The Hall–Kier alpha value is -3.02. The van der Waals surface area contributed by atoms with Crippen LogP contribution < -0.4 is 5.32 Å².